The van der Waals surface area contributed by atoms with Crippen molar-refractivity contribution in [2.75, 3.05) is 33.1 Å². The lowest BCUT2D eigenvalue weighted by molar-refractivity contribution is -0.462. The fourth-order valence-corrected chi connectivity index (χ4v) is 4.09. The Balaban J connectivity index is 0.00000261. The molecular formula is C25H37N2+. The van der Waals surface area contributed by atoms with Gasteiger partial charge < -0.3 is 4.90 Å². The van der Waals surface area contributed by atoms with Crippen molar-refractivity contribution >= 4 is 17.0 Å². The maximum atomic E-state index is 2.40. The molecule has 3 rings (SSSR count). The van der Waals surface area contributed by atoms with Crippen LogP contribution in [0.25, 0.3) is 5.57 Å². The summed E-state index contributed by atoms with van der Waals surface area (Å²) in [6.07, 6.45) is 10.6. The molecular weight excluding hydrogens is 328 g/mol. The Morgan fingerprint density at radius 3 is 2.37 bits per heavy atom. The van der Waals surface area contributed by atoms with Crippen molar-refractivity contribution in [3.05, 3.63) is 58.7 Å². The summed E-state index contributed by atoms with van der Waals surface area (Å²) in [6, 6.07) is 7.01. The molecule has 1 aromatic carbocycles. The van der Waals surface area contributed by atoms with E-state index >= 15 is 0 Å². The lowest BCUT2D eigenvalue weighted by atomic mass is 9.64. The molecule has 0 bridgehead atoms. The summed E-state index contributed by atoms with van der Waals surface area (Å²) in [5.74, 6) is 0. The molecule has 0 N–H and O–H groups in total. The van der Waals surface area contributed by atoms with Crippen molar-refractivity contribution in [3.8, 4) is 0 Å². The Kier molecular flexibility index (Phi) is 6.19. The molecule has 0 unspecified atom stereocenters. The van der Waals surface area contributed by atoms with E-state index in [0.29, 0.717) is 0 Å². The van der Waals surface area contributed by atoms with Crippen LogP contribution in [-0.4, -0.2) is 38.5 Å². The van der Waals surface area contributed by atoms with Crippen LogP contribution in [0, 0.1) is 0 Å². The van der Waals surface area contributed by atoms with E-state index in [1.165, 1.54) is 52.1 Å². The van der Waals surface area contributed by atoms with Gasteiger partial charge in [0.05, 0.1) is 0 Å². The van der Waals surface area contributed by atoms with Crippen molar-refractivity contribution in [1.29, 1.82) is 0 Å². The number of allylic oxidation sites excluding steroid dienone is 6. The SMILES string of the molecule is C.CCCCC1=C2C=CC(=[N+](C)C)C=C2C(C)(C)c2cc(N(C)C)ccc21. The number of hydrogen-bond donors (Lipinski definition) is 0. The molecule has 0 saturated heterocycles. The molecule has 2 heteroatoms. The molecule has 0 atom stereocenters. The Bertz CT molecular complexity index is 841. The van der Waals surface area contributed by atoms with Crippen LogP contribution >= 0.6 is 0 Å². The molecule has 2 nitrogen and oxygen atoms in total. The van der Waals surface area contributed by atoms with Crippen LogP contribution in [0.5, 0.6) is 0 Å². The molecule has 0 aromatic heterocycles. The molecule has 0 aliphatic heterocycles. The van der Waals surface area contributed by atoms with Gasteiger partial charge in [-0.3, -0.25) is 0 Å². The molecule has 27 heavy (non-hydrogen) atoms. The highest BCUT2D eigenvalue weighted by molar-refractivity contribution is 6.05. The molecule has 146 valence electrons. The normalized spacial score (nSPS) is 17.0. The van der Waals surface area contributed by atoms with E-state index in [4.69, 9.17) is 0 Å². The summed E-state index contributed by atoms with van der Waals surface area (Å²) in [7, 11) is 8.49. The summed E-state index contributed by atoms with van der Waals surface area (Å²) in [5, 5.41) is 0. The molecule has 0 fully saturated rings. The Labute approximate surface area is 166 Å². The standard InChI is InChI=1S/C24H33N2.CH4/c1-8-9-10-19-20-13-11-17(25(4)5)15-22(20)24(2,3)23-16-18(26(6)7)12-14-21(19)23;/h11-16H,8-10H2,1-7H3;1H4/q+1;. The third-order valence-electron chi connectivity index (χ3n) is 5.82. The Hall–Kier alpha value is -2.09. The predicted octanol–water partition coefficient (Wildman–Crippen LogP) is 5.83. The Morgan fingerprint density at radius 2 is 1.78 bits per heavy atom. The number of benzene rings is 1. The smallest absolute Gasteiger partial charge is 0.199 e. The van der Waals surface area contributed by atoms with Gasteiger partial charge in [-0.05, 0) is 58.9 Å². The van der Waals surface area contributed by atoms with E-state index in [2.05, 4.69) is 94.9 Å². The topological polar surface area (TPSA) is 6.25 Å². The van der Waals surface area contributed by atoms with Gasteiger partial charge in [-0.1, -0.05) is 40.7 Å². The zero-order valence-electron chi connectivity index (χ0n) is 17.5. The zero-order chi connectivity index (χ0) is 19.1. The molecule has 0 spiro atoms. The van der Waals surface area contributed by atoms with Crippen molar-refractivity contribution in [1.82, 2.24) is 0 Å². The van der Waals surface area contributed by atoms with Crippen LogP contribution in [-0.2, 0) is 5.41 Å². The molecule has 0 heterocycles. The maximum Gasteiger partial charge on any atom is 0.199 e. The minimum Gasteiger partial charge on any atom is -0.378 e. The lowest BCUT2D eigenvalue weighted by Crippen LogP contribution is -2.30. The fraction of sp³-hybridized carbons (Fsp3) is 0.480. The van der Waals surface area contributed by atoms with Crippen LogP contribution in [0.1, 0.15) is 58.6 Å². The summed E-state index contributed by atoms with van der Waals surface area (Å²) in [4.78, 5) is 2.20. The first kappa shape index (κ1) is 21.2. The van der Waals surface area contributed by atoms with Gasteiger partial charge in [0, 0.05) is 37.3 Å². The first-order valence-corrected chi connectivity index (χ1v) is 9.77. The summed E-state index contributed by atoms with van der Waals surface area (Å²) < 4.78 is 2.20. The number of hydrogen-bond acceptors (Lipinski definition) is 1. The van der Waals surface area contributed by atoms with E-state index in [-0.39, 0.29) is 12.8 Å². The first-order valence-electron chi connectivity index (χ1n) is 9.77. The number of fused-ring (bicyclic) bond motifs is 2. The summed E-state index contributed by atoms with van der Waals surface area (Å²) in [5.41, 5.74) is 9.87. The summed E-state index contributed by atoms with van der Waals surface area (Å²) >= 11 is 0. The van der Waals surface area contributed by atoms with Gasteiger partial charge in [-0.25, -0.2) is 4.58 Å². The monoisotopic (exact) mass is 365 g/mol. The molecule has 1 aromatic rings. The number of nitrogens with zero attached hydrogens (tertiary/aromatic N) is 2. The van der Waals surface area contributed by atoms with Gasteiger partial charge in [0.1, 0.15) is 14.1 Å². The van der Waals surface area contributed by atoms with Crippen LogP contribution in [0.4, 0.5) is 5.69 Å². The minimum atomic E-state index is -0.00157. The molecule has 0 amide bonds. The van der Waals surface area contributed by atoms with E-state index in [9.17, 15) is 0 Å². The average Bonchev–Trinajstić information content (AvgIpc) is 2.61. The van der Waals surface area contributed by atoms with E-state index < -0.39 is 0 Å². The highest BCUT2D eigenvalue weighted by Gasteiger charge is 2.37. The zero-order valence-corrected chi connectivity index (χ0v) is 17.5. The van der Waals surface area contributed by atoms with E-state index in [0.717, 1.165) is 6.42 Å². The van der Waals surface area contributed by atoms with Crippen LogP contribution < -0.4 is 4.90 Å². The third-order valence-corrected chi connectivity index (χ3v) is 5.82. The number of anilines is 1. The van der Waals surface area contributed by atoms with Gasteiger partial charge in [-0.2, -0.15) is 0 Å². The van der Waals surface area contributed by atoms with Gasteiger partial charge in [0.15, 0.2) is 5.71 Å². The average molecular weight is 366 g/mol. The second-order valence-corrected chi connectivity index (χ2v) is 8.46. The largest absolute Gasteiger partial charge is 0.378 e. The van der Waals surface area contributed by atoms with Crippen LogP contribution in [0.2, 0.25) is 0 Å². The quantitative estimate of drug-likeness (QED) is 0.608. The number of rotatable bonds is 4. The van der Waals surface area contributed by atoms with Crippen molar-refractivity contribution in [3.63, 3.8) is 0 Å². The van der Waals surface area contributed by atoms with Crippen LogP contribution in [0.15, 0.2) is 47.6 Å². The molecule has 0 radical (unpaired) electrons. The summed E-state index contributed by atoms with van der Waals surface area (Å²) in [6.45, 7) is 7.03. The van der Waals surface area contributed by atoms with Crippen molar-refractivity contribution in [2.45, 2.75) is 52.9 Å². The Morgan fingerprint density at radius 1 is 1.07 bits per heavy atom. The van der Waals surface area contributed by atoms with Crippen LogP contribution in [0.3, 0.4) is 0 Å². The fourth-order valence-electron chi connectivity index (χ4n) is 4.09. The molecule has 2 aliphatic rings. The minimum absolute atomic E-state index is 0. The maximum absolute atomic E-state index is 2.40. The van der Waals surface area contributed by atoms with Gasteiger partial charge in [-0.15, -0.1) is 0 Å². The molecule has 0 saturated carbocycles. The highest BCUT2D eigenvalue weighted by Crippen LogP contribution is 2.49. The van der Waals surface area contributed by atoms with E-state index in [1.54, 1.807) is 0 Å². The molecule has 2 aliphatic carbocycles. The van der Waals surface area contributed by atoms with Gasteiger partial charge >= 0.3 is 0 Å². The van der Waals surface area contributed by atoms with Gasteiger partial charge in [0.25, 0.3) is 0 Å². The second kappa shape index (κ2) is 7.88. The number of unbranched alkanes of at least 4 members (excludes halogenated alkanes) is 1. The second-order valence-electron chi connectivity index (χ2n) is 8.46. The lowest BCUT2D eigenvalue weighted by Gasteiger charge is -2.39. The van der Waals surface area contributed by atoms with Crippen molar-refractivity contribution < 1.29 is 4.58 Å². The third kappa shape index (κ3) is 3.67. The highest BCUT2D eigenvalue weighted by atomic mass is 15.1. The first-order chi connectivity index (χ1) is 12.3. The van der Waals surface area contributed by atoms with Crippen molar-refractivity contribution in [2.24, 2.45) is 0 Å². The predicted molar refractivity (Wildman–Crippen MR) is 121 cm³/mol. The van der Waals surface area contributed by atoms with E-state index in [1.807, 2.05) is 0 Å². The van der Waals surface area contributed by atoms with Gasteiger partial charge in [0.2, 0.25) is 0 Å².